The average Bonchev–Trinajstić information content (AvgIpc) is 4.09. The van der Waals surface area contributed by atoms with Crippen molar-refractivity contribution in [3.8, 4) is 33.9 Å². The minimum Gasteiger partial charge on any atom is -0.309 e. The van der Waals surface area contributed by atoms with Crippen LogP contribution in [0.1, 0.15) is 0 Å². The number of rotatable bonds is 5. The molecule has 10 aromatic carbocycles. The van der Waals surface area contributed by atoms with Crippen LogP contribution in [0.4, 0.5) is 0 Å². The fourth-order valence-corrected chi connectivity index (χ4v) is 10.8. The molecule has 4 heterocycles. The van der Waals surface area contributed by atoms with Gasteiger partial charge < -0.3 is 18.3 Å². The molecule has 4 aromatic heterocycles. The lowest BCUT2D eigenvalue weighted by Gasteiger charge is -2.12. The lowest BCUT2D eigenvalue weighted by Crippen LogP contribution is -1.97. The van der Waals surface area contributed by atoms with Gasteiger partial charge in [0.2, 0.25) is 0 Å². The topological polar surface area (TPSA) is 19.7 Å². The number of aromatic nitrogens is 4. The molecule has 0 bridgehead atoms. The quantitative estimate of drug-likeness (QED) is 0.165. The van der Waals surface area contributed by atoms with Crippen LogP contribution in [0.3, 0.4) is 0 Å². The first kappa shape index (κ1) is 35.0. The average molecular weight is 815 g/mol. The highest BCUT2D eigenvalue weighted by atomic mass is 15.0. The summed E-state index contributed by atoms with van der Waals surface area (Å²) in [5, 5.41) is 9.94. The summed E-state index contributed by atoms with van der Waals surface area (Å²) in [4.78, 5) is 0. The highest BCUT2D eigenvalue weighted by molar-refractivity contribution is 6.14. The number of para-hydroxylation sites is 6. The highest BCUT2D eigenvalue weighted by Gasteiger charge is 2.20. The second-order valence-corrected chi connectivity index (χ2v) is 16.9. The summed E-state index contributed by atoms with van der Waals surface area (Å²) in [5.41, 5.74) is 16.5. The number of nitrogens with zero attached hydrogens (tertiary/aromatic N) is 4. The fourth-order valence-electron chi connectivity index (χ4n) is 10.8. The van der Waals surface area contributed by atoms with Crippen LogP contribution in [-0.2, 0) is 0 Å². The molecule has 14 aromatic rings. The minimum absolute atomic E-state index is 1.12. The Labute approximate surface area is 368 Å². The van der Waals surface area contributed by atoms with Gasteiger partial charge in [-0.25, -0.2) is 0 Å². The Balaban J connectivity index is 0.999. The highest BCUT2D eigenvalue weighted by Crippen LogP contribution is 2.41. The van der Waals surface area contributed by atoms with Gasteiger partial charge in [0.05, 0.1) is 44.1 Å². The first-order valence-corrected chi connectivity index (χ1v) is 22.0. The van der Waals surface area contributed by atoms with E-state index >= 15 is 0 Å². The molecule has 0 amide bonds. The van der Waals surface area contributed by atoms with Crippen molar-refractivity contribution in [1.82, 2.24) is 18.3 Å². The molecule has 298 valence electrons. The molecule has 0 aliphatic carbocycles. The number of fused-ring (bicyclic) bond motifs is 12. The Morgan fingerprint density at radius 1 is 0.172 bits per heavy atom. The summed E-state index contributed by atoms with van der Waals surface area (Å²) in [7, 11) is 0. The predicted molar refractivity (Wildman–Crippen MR) is 269 cm³/mol. The summed E-state index contributed by atoms with van der Waals surface area (Å²) in [6.45, 7) is 0. The zero-order valence-corrected chi connectivity index (χ0v) is 34.7. The van der Waals surface area contributed by atoms with Gasteiger partial charge in [-0.2, -0.15) is 0 Å². The van der Waals surface area contributed by atoms with Crippen LogP contribution in [0.2, 0.25) is 0 Å². The molecule has 4 nitrogen and oxygen atoms in total. The molecule has 64 heavy (non-hydrogen) atoms. The van der Waals surface area contributed by atoms with E-state index in [1.54, 1.807) is 0 Å². The second-order valence-electron chi connectivity index (χ2n) is 16.9. The first-order valence-electron chi connectivity index (χ1n) is 22.0. The molecule has 0 aliphatic rings. The summed E-state index contributed by atoms with van der Waals surface area (Å²) < 4.78 is 9.69. The van der Waals surface area contributed by atoms with Gasteiger partial charge >= 0.3 is 0 Å². The first-order chi connectivity index (χ1) is 31.8. The zero-order chi connectivity index (χ0) is 41.9. The SMILES string of the molecule is c1ccc(-n2c3ccccc3c3cc(-c4cccc(-n5c6ccc(-n7c8ccccc8c8ccccc87)cc6c6cc(-n7c8ccccc8c8ccccc87)ccc65)c4)ccc32)cc1. The number of benzene rings is 10. The maximum atomic E-state index is 2.46. The smallest absolute Gasteiger partial charge is 0.0542 e. The van der Waals surface area contributed by atoms with Gasteiger partial charge in [-0.05, 0) is 114 Å². The molecule has 0 atom stereocenters. The van der Waals surface area contributed by atoms with E-state index in [0.717, 1.165) is 33.8 Å². The van der Waals surface area contributed by atoms with E-state index in [-0.39, 0.29) is 0 Å². The lowest BCUT2D eigenvalue weighted by atomic mass is 10.0. The van der Waals surface area contributed by atoms with E-state index in [9.17, 15) is 0 Å². The van der Waals surface area contributed by atoms with Crippen LogP contribution in [0.25, 0.3) is 121 Å². The van der Waals surface area contributed by atoms with E-state index < -0.39 is 0 Å². The third kappa shape index (κ3) is 4.99. The van der Waals surface area contributed by atoms with E-state index in [2.05, 4.69) is 249 Å². The molecule has 0 unspecified atom stereocenters. The van der Waals surface area contributed by atoms with Crippen molar-refractivity contribution in [2.75, 3.05) is 0 Å². The molecule has 0 radical (unpaired) electrons. The Morgan fingerprint density at radius 3 is 0.953 bits per heavy atom. The standard InChI is InChI=1S/C60H38N4/c1-2-16-41(17-3-1)61-57-28-13-8-23-49(57)50-36-40(29-32-58(50)61)39-15-14-18-42(35-39)62-59-33-30-43(63-53-24-9-4-19-45(53)46-20-5-10-25-54(46)63)37-51(59)52-38-44(31-34-60(52)62)64-55-26-11-6-21-47(55)48-22-7-12-27-56(48)64/h1-38H. The van der Waals surface area contributed by atoms with Crippen molar-refractivity contribution < 1.29 is 0 Å². The van der Waals surface area contributed by atoms with Gasteiger partial charge in [0.1, 0.15) is 0 Å². The fraction of sp³-hybridized carbons (Fsp3) is 0. The molecule has 0 N–H and O–H groups in total. The van der Waals surface area contributed by atoms with Crippen molar-refractivity contribution in [2.24, 2.45) is 0 Å². The van der Waals surface area contributed by atoms with Gasteiger partial charge in [-0.3, -0.25) is 0 Å². The lowest BCUT2D eigenvalue weighted by molar-refractivity contribution is 1.16. The molecular weight excluding hydrogens is 777 g/mol. The monoisotopic (exact) mass is 814 g/mol. The van der Waals surface area contributed by atoms with Gasteiger partial charge in [0, 0.05) is 65.8 Å². The Kier molecular flexibility index (Phi) is 7.36. The van der Waals surface area contributed by atoms with E-state index in [0.29, 0.717) is 0 Å². The van der Waals surface area contributed by atoms with Crippen LogP contribution in [0.5, 0.6) is 0 Å². The maximum Gasteiger partial charge on any atom is 0.0542 e. The zero-order valence-electron chi connectivity index (χ0n) is 34.7. The summed E-state index contributed by atoms with van der Waals surface area (Å²) >= 11 is 0. The van der Waals surface area contributed by atoms with Crippen LogP contribution in [0, 0.1) is 0 Å². The molecule has 0 spiro atoms. The molecule has 0 aliphatic heterocycles. The number of hydrogen-bond donors (Lipinski definition) is 0. The van der Waals surface area contributed by atoms with E-state index in [4.69, 9.17) is 0 Å². The molecular formula is C60H38N4. The third-order valence-corrected chi connectivity index (χ3v) is 13.5. The third-order valence-electron chi connectivity index (χ3n) is 13.5. The molecule has 0 fully saturated rings. The summed E-state index contributed by atoms with van der Waals surface area (Å²) in [6.07, 6.45) is 0. The molecule has 4 heteroatoms. The maximum absolute atomic E-state index is 2.46. The molecule has 0 saturated heterocycles. The minimum atomic E-state index is 1.12. The van der Waals surface area contributed by atoms with Gasteiger partial charge in [-0.1, -0.05) is 127 Å². The predicted octanol–water partition coefficient (Wildman–Crippen LogP) is 15.7. The largest absolute Gasteiger partial charge is 0.309 e. The Hall–Kier alpha value is -8.60. The van der Waals surface area contributed by atoms with Crippen LogP contribution in [0.15, 0.2) is 231 Å². The number of hydrogen-bond acceptors (Lipinski definition) is 0. The van der Waals surface area contributed by atoms with Gasteiger partial charge in [-0.15, -0.1) is 0 Å². The van der Waals surface area contributed by atoms with Crippen LogP contribution >= 0.6 is 0 Å². The normalized spacial score (nSPS) is 12.1. The Morgan fingerprint density at radius 2 is 0.484 bits per heavy atom. The molecule has 0 saturated carbocycles. The second kappa shape index (κ2) is 13.4. The summed E-state index contributed by atoms with van der Waals surface area (Å²) in [6, 6.07) is 84.6. The van der Waals surface area contributed by atoms with E-state index in [1.807, 2.05) is 0 Å². The van der Waals surface area contributed by atoms with Crippen LogP contribution in [-0.4, -0.2) is 18.3 Å². The molecule has 14 rings (SSSR count). The Bertz CT molecular complexity index is 3920. The van der Waals surface area contributed by atoms with Crippen molar-refractivity contribution >= 4 is 87.2 Å². The van der Waals surface area contributed by atoms with Crippen molar-refractivity contribution in [1.29, 1.82) is 0 Å². The van der Waals surface area contributed by atoms with Crippen LogP contribution < -0.4 is 0 Å². The van der Waals surface area contributed by atoms with Crippen molar-refractivity contribution in [2.45, 2.75) is 0 Å². The van der Waals surface area contributed by atoms with Gasteiger partial charge in [0.15, 0.2) is 0 Å². The van der Waals surface area contributed by atoms with E-state index in [1.165, 1.54) is 87.3 Å². The van der Waals surface area contributed by atoms with Crippen molar-refractivity contribution in [3.05, 3.63) is 231 Å². The summed E-state index contributed by atoms with van der Waals surface area (Å²) in [5.74, 6) is 0. The van der Waals surface area contributed by atoms with Gasteiger partial charge in [0.25, 0.3) is 0 Å². The van der Waals surface area contributed by atoms with Crippen molar-refractivity contribution in [3.63, 3.8) is 0 Å².